The highest BCUT2D eigenvalue weighted by Gasteiger charge is 2.06. The second-order valence-corrected chi connectivity index (χ2v) is 5.27. The van der Waals surface area contributed by atoms with Gasteiger partial charge in [-0.15, -0.1) is 0 Å². The Hall–Kier alpha value is -1.42. The molecule has 0 saturated carbocycles. The van der Waals surface area contributed by atoms with Crippen LogP contribution in [-0.4, -0.2) is 13.2 Å². The fraction of sp³-hybridized carbons (Fsp3) is 0.250. The maximum absolute atomic E-state index is 6.02. The molecule has 0 aliphatic rings. The van der Waals surface area contributed by atoms with Gasteiger partial charge in [-0.1, -0.05) is 41.4 Å². The first-order valence-corrected chi connectivity index (χ1v) is 7.45. The molecule has 2 N–H and O–H groups in total. The highest BCUT2D eigenvalue weighted by atomic mass is 35.5. The summed E-state index contributed by atoms with van der Waals surface area (Å²) < 4.78 is 11.2. The molecule has 0 fully saturated rings. The normalized spacial score (nSPS) is 10.4. The maximum atomic E-state index is 6.02. The van der Waals surface area contributed by atoms with Crippen molar-refractivity contribution in [2.45, 2.75) is 13.0 Å². The number of para-hydroxylation sites is 1. The summed E-state index contributed by atoms with van der Waals surface area (Å²) in [4.78, 5) is 0. The third-order valence-corrected chi connectivity index (χ3v) is 3.45. The molecule has 0 bridgehead atoms. The predicted molar refractivity (Wildman–Crippen MR) is 86.4 cm³/mol. The Kier molecular flexibility index (Phi) is 6.18. The zero-order chi connectivity index (χ0) is 15.1. The van der Waals surface area contributed by atoms with Crippen molar-refractivity contribution in [3.8, 4) is 11.5 Å². The van der Waals surface area contributed by atoms with Gasteiger partial charge in [0, 0.05) is 13.0 Å². The van der Waals surface area contributed by atoms with Gasteiger partial charge >= 0.3 is 0 Å². The Morgan fingerprint density at radius 2 is 1.57 bits per heavy atom. The maximum Gasteiger partial charge on any atom is 0.156 e. The van der Waals surface area contributed by atoms with Crippen LogP contribution in [0.4, 0.5) is 0 Å². The number of rotatable bonds is 7. The van der Waals surface area contributed by atoms with E-state index in [0.717, 1.165) is 17.7 Å². The summed E-state index contributed by atoms with van der Waals surface area (Å²) in [6.45, 7) is 1.54. The van der Waals surface area contributed by atoms with E-state index in [9.17, 15) is 0 Å². The molecular weight excluding hydrogens is 309 g/mol. The third kappa shape index (κ3) is 4.81. The van der Waals surface area contributed by atoms with Gasteiger partial charge in [-0.2, -0.15) is 0 Å². The predicted octanol–water partition coefficient (Wildman–Crippen LogP) is 4.30. The van der Waals surface area contributed by atoms with Crippen LogP contribution in [-0.2, 0) is 6.54 Å². The van der Waals surface area contributed by atoms with Crippen LogP contribution in [0, 0.1) is 0 Å². The molecule has 0 aliphatic heterocycles. The molecule has 0 spiro atoms. The van der Waals surface area contributed by atoms with Gasteiger partial charge in [0.1, 0.15) is 5.75 Å². The van der Waals surface area contributed by atoms with E-state index in [1.807, 2.05) is 24.3 Å². The Morgan fingerprint density at radius 3 is 2.29 bits per heavy atom. The number of benzene rings is 2. The lowest BCUT2D eigenvalue weighted by molar-refractivity contribution is 0.247. The van der Waals surface area contributed by atoms with Crippen LogP contribution < -0.4 is 15.2 Å². The minimum Gasteiger partial charge on any atom is -0.493 e. The molecule has 2 rings (SSSR count). The van der Waals surface area contributed by atoms with Crippen LogP contribution in [0.2, 0.25) is 10.0 Å². The molecule has 0 saturated heterocycles. The molecule has 0 amide bonds. The highest BCUT2D eigenvalue weighted by Crippen LogP contribution is 2.32. The van der Waals surface area contributed by atoms with Gasteiger partial charge in [0.15, 0.2) is 5.75 Å². The van der Waals surface area contributed by atoms with E-state index in [1.165, 1.54) is 0 Å². The average molecular weight is 326 g/mol. The standard InChI is InChI=1S/C16H17Cl2NO2/c17-14-6-2-7-15(18)16(14)21-9-3-8-20-13-5-1-4-12(10-13)11-19/h1-2,4-7,10H,3,8-9,11,19H2. The van der Waals surface area contributed by atoms with Crippen molar-refractivity contribution in [1.29, 1.82) is 0 Å². The zero-order valence-corrected chi connectivity index (χ0v) is 13.0. The first-order valence-electron chi connectivity index (χ1n) is 6.69. The highest BCUT2D eigenvalue weighted by molar-refractivity contribution is 6.37. The van der Waals surface area contributed by atoms with Gasteiger partial charge in [-0.25, -0.2) is 0 Å². The van der Waals surface area contributed by atoms with Gasteiger partial charge in [0.05, 0.1) is 23.3 Å². The van der Waals surface area contributed by atoms with Crippen molar-refractivity contribution >= 4 is 23.2 Å². The SMILES string of the molecule is NCc1cccc(OCCCOc2c(Cl)cccc2Cl)c1. The summed E-state index contributed by atoms with van der Waals surface area (Å²) in [6, 6.07) is 13.0. The van der Waals surface area contributed by atoms with Crippen LogP contribution in [0.5, 0.6) is 11.5 Å². The number of nitrogens with two attached hydrogens (primary N) is 1. The number of halogens is 2. The Labute approximate surface area is 134 Å². The molecule has 112 valence electrons. The molecule has 0 aromatic heterocycles. The van der Waals surface area contributed by atoms with Crippen molar-refractivity contribution in [2.24, 2.45) is 5.73 Å². The molecule has 5 heteroatoms. The first kappa shape index (κ1) is 16.0. The Bertz CT molecular complexity index is 570. The molecule has 21 heavy (non-hydrogen) atoms. The molecule has 2 aromatic rings. The van der Waals surface area contributed by atoms with E-state index in [1.54, 1.807) is 18.2 Å². The van der Waals surface area contributed by atoms with Gasteiger partial charge in [0.25, 0.3) is 0 Å². The van der Waals surface area contributed by atoms with E-state index in [4.69, 9.17) is 38.4 Å². The molecule has 0 aliphatic carbocycles. The minimum absolute atomic E-state index is 0.486. The molecule has 3 nitrogen and oxygen atoms in total. The monoisotopic (exact) mass is 325 g/mol. The molecule has 2 aromatic carbocycles. The van der Waals surface area contributed by atoms with Crippen molar-refractivity contribution in [1.82, 2.24) is 0 Å². The molecule has 0 atom stereocenters. The summed E-state index contributed by atoms with van der Waals surface area (Å²) >= 11 is 12.0. The van der Waals surface area contributed by atoms with Crippen molar-refractivity contribution in [3.05, 3.63) is 58.1 Å². The topological polar surface area (TPSA) is 44.5 Å². The molecule has 0 radical (unpaired) electrons. The van der Waals surface area contributed by atoms with Gasteiger partial charge in [-0.3, -0.25) is 0 Å². The third-order valence-electron chi connectivity index (χ3n) is 2.86. The zero-order valence-electron chi connectivity index (χ0n) is 11.5. The quantitative estimate of drug-likeness (QED) is 0.772. The van der Waals surface area contributed by atoms with Crippen LogP contribution in [0.15, 0.2) is 42.5 Å². The lowest BCUT2D eigenvalue weighted by Gasteiger charge is -2.10. The smallest absolute Gasteiger partial charge is 0.156 e. The van der Waals surface area contributed by atoms with Crippen molar-refractivity contribution in [3.63, 3.8) is 0 Å². The Balaban J connectivity index is 1.75. The minimum atomic E-state index is 0.486. The fourth-order valence-electron chi connectivity index (χ4n) is 1.81. The largest absolute Gasteiger partial charge is 0.493 e. The lowest BCUT2D eigenvalue weighted by atomic mass is 10.2. The van der Waals surface area contributed by atoms with Gasteiger partial charge in [-0.05, 0) is 29.8 Å². The van der Waals surface area contributed by atoms with Crippen LogP contribution in [0.25, 0.3) is 0 Å². The van der Waals surface area contributed by atoms with E-state index in [0.29, 0.717) is 35.6 Å². The summed E-state index contributed by atoms with van der Waals surface area (Å²) in [5.41, 5.74) is 6.64. The van der Waals surface area contributed by atoms with Crippen LogP contribution >= 0.6 is 23.2 Å². The van der Waals surface area contributed by atoms with Gasteiger partial charge in [0.2, 0.25) is 0 Å². The summed E-state index contributed by atoms with van der Waals surface area (Å²) in [5, 5.41) is 1.03. The van der Waals surface area contributed by atoms with E-state index < -0.39 is 0 Å². The van der Waals surface area contributed by atoms with E-state index in [2.05, 4.69) is 0 Å². The second kappa shape index (κ2) is 8.13. The molecular formula is C16H17Cl2NO2. The average Bonchev–Trinajstić information content (AvgIpc) is 2.50. The molecule has 0 unspecified atom stereocenters. The summed E-state index contributed by atoms with van der Waals surface area (Å²) in [6.07, 6.45) is 0.731. The fourth-order valence-corrected chi connectivity index (χ4v) is 2.31. The second-order valence-electron chi connectivity index (χ2n) is 4.45. The van der Waals surface area contributed by atoms with E-state index in [-0.39, 0.29) is 0 Å². The Morgan fingerprint density at radius 1 is 0.905 bits per heavy atom. The van der Waals surface area contributed by atoms with Crippen LogP contribution in [0.3, 0.4) is 0 Å². The van der Waals surface area contributed by atoms with E-state index >= 15 is 0 Å². The van der Waals surface area contributed by atoms with Crippen molar-refractivity contribution < 1.29 is 9.47 Å². The number of hydrogen-bond donors (Lipinski definition) is 1. The number of hydrogen-bond acceptors (Lipinski definition) is 3. The first-order chi connectivity index (χ1) is 10.2. The van der Waals surface area contributed by atoms with Crippen LogP contribution in [0.1, 0.15) is 12.0 Å². The lowest BCUT2D eigenvalue weighted by Crippen LogP contribution is -2.06. The summed E-state index contributed by atoms with van der Waals surface area (Å²) in [7, 11) is 0. The number of ether oxygens (including phenoxy) is 2. The summed E-state index contributed by atoms with van der Waals surface area (Å²) in [5.74, 6) is 1.33. The van der Waals surface area contributed by atoms with Gasteiger partial charge < -0.3 is 15.2 Å². The molecule has 0 heterocycles. The van der Waals surface area contributed by atoms with Crippen molar-refractivity contribution in [2.75, 3.05) is 13.2 Å².